The van der Waals surface area contributed by atoms with E-state index in [-0.39, 0.29) is 18.9 Å². The molecular weight excluding hydrogens is 487 g/mol. The zero-order valence-corrected chi connectivity index (χ0v) is 23.8. The zero-order valence-electron chi connectivity index (χ0n) is 21.6. The van der Waals surface area contributed by atoms with Gasteiger partial charge in [-0.2, -0.15) is 5.26 Å². The molecule has 0 heterocycles. The van der Waals surface area contributed by atoms with Crippen LogP contribution in [0.4, 0.5) is 0 Å². The molecule has 1 aromatic carbocycles. The average molecular weight is 534 g/mol. The van der Waals surface area contributed by atoms with Crippen LogP contribution in [0.1, 0.15) is 60.1 Å². The van der Waals surface area contributed by atoms with Gasteiger partial charge in [-0.05, 0) is 52.7 Å². The van der Waals surface area contributed by atoms with Gasteiger partial charge in [-0.15, -0.1) is 36.4 Å². The van der Waals surface area contributed by atoms with E-state index >= 15 is 0 Å². The van der Waals surface area contributed by atoms with E-state index in [4.69, 9.17) is 45.2 Å². The maximum absolute atomic E-state index is 8.24. The minimum absolute atomic E-state index is 0. The summed E-state index contributed by atoms with van der Waals surface area (Å²) in [7, 11) is 2.01. The standard InChI is InChI=1S/C13H18ClN.2C4H7Cl.C4H8O.C2H3N.CH4/c1-10(2)13(14)15(4)9-12-7-5-11(3)6-8-12;1-3-4(2)5;1-2-3-4-5;1-3-4(2)5;1-2-3;/h5-8H,9H2,1-4H3;3-4H,1H2,2H3;2-3H,4H2,1H3;3-5H,1H2,2H3;1H3;1H4/b;;3-2+;;;. The number of aliphatic hydroxyl groups is 1. The topological polar surface area (TPSA) is 47.3 Å². The van der Waals surface area contributed by atoms with Crippen molar-refractivity contribution in [1.29, 1.82) is 5.26 Å². The number of hydrogen-bond donors (Lipinski definition) is 1. The van der Waals surface area contributed by atoms with Crippen molar-refractivity contribution in [2.45, 2.75) is 73.9 Å². The number of benzene rings is 1. The van der Waals surface area contributed by atoms with E-state index in [1.165, 1.54) is 24.1 Å². The summed E-state index contributed by atoms with van der Waals surface area (Å²) in [6.45, 7) is 20.6. The predicted octanol–water partition coefficient (Wildman–Crippen LogP) is 9.24. The Morgan fingerprint density at radius 3 is 1.76 bits per heavy atom. The van der Waals surface area contributed by atoms with Crippen molar-refractivity contribution in [3.05, 3.63) is 83.6 Å². The number of allylic oxidation sites excluding steroid dienone is 4. The minimum atomic E-state index is -0.352. The maximum atomic E-state index is 8.24. The van der Waals surface area contributed by atoms with Crippen molar-refractivity contribution in [2.75, 3.05) is 12.9 Å². The lowest BCUT2D eigenvalue weighted by Gasteiger charge is -2.19. The summed E-state index contributed by atoms with van der Waals surface area (Å²) in [5.74, 6) is 0.635. The molecule has 0 aliphatic carbocycles. The molecule has 0 saturated heterocycles. The number of alkyl halides is 2. The van der Waals surface area contributed by atoms with E-state index in [9.17, 15) is 0 Å². The van der Waals surface area contributed by atoms with Crippen LogP contribution in [-0.4, -0.2) is 34.4 Å². The molecule has 1 N–H and O–H groups in total. The molecule has 0 saturated carbocycles. The second kappa shape index (κ2) is 31.3. The second-order valence-corrected chi connectivity index (χ2v) is 8.32. The first-order valence-electron chi connectivity index (χ1n) is 10.5. The van der Waals surface area contributed by atoms with Gasteiger partial charge in [0.15, 0.2) is 0 Å². The highest BCUT2D eigenvalue weighted by Crippen LogP contribution is 2.16. The summed E-state index contributed by atoms with van der Waals surface area (Å²) in [6.07, 6.45) is 6.62. The van der Waals surface area contributed by atoms with Gasteiger partial charge in [-0.1, -0.05) is 73.2 Å². The molecular formula is C28H47Cl3N2O. The summed E-state index contributed by atoms with van der Waals surface area (Å²) in [6, 6.07) is 10.3. The Morgan fingerprint density at radius 1 is 1.18 bits per heavy atom. The first kappa shape index (κ1) is 42.5. The van der Waals surface area contributed by atoms with Gasteiger partial charge in [-0.25, -0.2) is 0 Å². The third-order valence-electron chi connectivity index (χ3n) is 3.28. The van der Waals surface area contributed by atoms with Crippen molar-refractivity contribution in [1.82, 2.24) is 4.90 Å². The number of nitrogens with zero attached hydrogens (tertiary/aromatic N) is 2. The lowest BCUT2D eigenvalue weighted by molar-refractivity contribution is 0.244. The second-order valence-electron chi connectivity index (χ2n) is 6.97. The largest absolute Gasteiger partial charge is 0.389 e. The van der Waals surface area contributed by atoms with E-state index < -0.39 is 0 Å². The van der Waals surface area contributed by atoms with Crippen LogP contribution in [0.2, 0.25) is 0 Å². The van der Waals surface area contributed by atoms with Crippen LogP contribution in [0.15, 0.2) is 72.5 Å². The summed E-state index contributed by atoms with van der Waals surface area (Å²) in [5.41, 5.74) is 3.71. The molecule has 0 aromatic heterocycles. The molecule has 0 amide bonds. The Balaban J connectivity index is -0.000000123. The van der Waals surface area contributed by atoms with Gasteiger partial charge < -0.3 is 10.0 Å². The van der Waals surface area contributed by atoms with Crippen LogP contribution in [0.3, 0.4) is 0 Å². The van der Waals surface area contributed by atoms with Crippen LogP contribution in [0.5, 0.6) is 0 Å². The van der Waals surface area contributed by atoms with Crippen LogP contribution in [0.25, 0.3) is 0 Å². The van der Waals surface area contributed by atoms with Crippen LogP contribution < -0.4 is 0 Å². The number of halogens is 3. The number of aliphatic hydroxyl groups excluding tert-OH is 1. The molecule has 0 spiro atoms. The zero-order chi connectivity index (χ0) is 26.8. The third kappa shape index (κ3) is 37.6. The quantitative estimate of drug-likeness (QED) is 0.225. The molecule has 0 radical (unpaired) electrons. The Hall–Kier alpha value is -1.70. The summed E-state index contributed by atoms with van der Waals surface area (Å²) in [5, 5.41) is 16.5. The fraction of sp³-hybridized carbons (Fsp3) is 0.464. The van der Waals surface area contributed by atoms with Gasteiger partial charge in [0.05, 0.1) is 12.2 Å². The molecule has 1 rings (SSSR count). The highest BCUT2D eigenvalue weighted by atomic mass is 35.5. The molecule has 6 heteroatoms. The fourth-order valence-corrected chi connectivity index (χ4v) is 1.75. The molecule has 0 fully saturated rings. The van der Waals surface area contributed by atoms with Crippen LogP contribution in [-0.2, 0) is 6.54 Å². The molecule has 0 bridgehead atoms. The molecule has 1 aromatic rings. The molecule has 0 aliphatic heterocycles. The Bertz CT molecular complexity index is 673. The third-order valence-corrected chi connectivity index (χ3v) is 4.30. The van der Waals surface area contributed by atoms with Crippen molar-refractivity contribution >= 4 is 34.8 Å². The highest BCUT2D eigenvalue weighted by molar-refractivity contribution is 6.29. The summed E-state index contributed by atoms with van der Waals surface area (Å²) >= 11 is 16.7. The summed E-state index contributed by atoms with van der Waals surface area (Å²) in [4.78, 5) is 2.06. The molecule has 34 heavy (non-hydrogen) atoms. The van der Waals surface area contributed by atoms with E-state index in [1.54, 1.807) is 19.1 Å². The predicted molar refractivity (Wildman–Crippen MR) is 158 cm³/mol. The van der Waals surface area contributed by atoms with Gasteiger partial charge in [0.2, 0.25) is 0 Å². The van der Waals surface area contributed by atoms with E-state index in [0.717, 1.165) is 17.3 Å². The van der Waals surface area contributed by atoms with Crippen molar-refractivity contribution < 1.29 is 5.11 Å². The van der Waals surface area contributed by atoms with E-state index in [1.807, 2.05) is 46.9 Å². The lowest BCUT2D eigenvalue weighted by atomic mass is 10.1. The summed E-state index contributed by atoms with van der Waals surface area (Å²) < 4.78 is 0. The molecule has 196 valence electrons. The van der Waals surface area contributed by atoms with Gasteiger partial charge >= 0.3 is 0 Å². The highest BCUT2D eigenvalue weighted by Gasteiger charge is 2.03. The SMILES string of the molecule is C.C/C=C/CCl.C=CC(C)Cl.C=CC(C)O.CC#N.CC(C)=C(Cl)N(C)Cc1ccc(C)cc1. The Labute approximate surface area is 226 Å². The Kier molecular flexibility index (Phi) is 39.1. The minimum Gasteiger partial charge on any atom is -0.389 e. The van der Waals surface area contributed by atoms with Crippen molar-refractivity contribution in [3.63, 3.8) is 0 Å². The first-order chi connectivity index (χ1) is 15.4. The van der Waals surface area contributed by atoms with E-state index in [2.05, 4.69) is 49.2 Å². The van der Waals surface area contributed by atoms with Crippen LogP contribution >= 0.6 is 34.8 Å². The van der Waals surface area contributed by atoms with Crippen LogP contribution in [0, 0.1) is 18.3 Å². The number of rotatable bonds is 6. The van der Waals surface area contributed by atoms with Gasteiger partial charge in [0.25, 0.3) is 0 Å². The monoisotopic (exact) mass is 532 g/mol. The smallest absolute Gasteiger partial charge is 0.103 e. The maximum Gasteiger partial charge on any atom is 0.103 e. The van der Waals surface area contributed by atoms with Gasteiger partial charge in [-0.3, -0.25) is 0 Å². The average Bonchev–Trinajstić information content (AvgIpc) is 2.77. The van der Waals surface area contributed by atoms with Gasteiger partial charge in [0, 0.05) is 31.8 Å². The lowest BCUT2D eigenvalue weighted by Crippen LogP contribution is -2.14. The van der Waals surface area contributed by atoms with Crippen molar-refractivity contribution in [3.8, 4) is 6.07 Å². The number of hydrogen-bond acceptors (Lipinski definition) is 3. The first-order valence-corrected chi connectivity index (χ1v) is 11.9. The molecule has 3 nitrogen and oxygen atoms in total. The van der Waals surface area contributed by atoms with E-state index in [0.29, 0.717) is 5.88 Å². The number of nitriles is 1. The normalized spacial score (nSPS) is 10.2. The Morgan fingerprint density at radius 2 is 1.56 bits per heavy atom. The van der Waals surface area contributed by atoms with Gasteiger partial charge in [0.1, 0.15) is 5.16 Å². The fourth-order valence-electron chi connectivity index (χ4n) is 1.51. The van der Waals surface area contributed by atoms with Crippen molar-refractivity contribution in [2.24, 2.45) is 0 Å². The number of aryl methyl sites for hydroxylation is 1. The molecule has 0 aliphatic rings. The molecule has 2 atom stereocenters. The molecule has 2 unspecified atom stereocenters.